The van der Waals surface area contributed by atoms with Crippen LogP contribution in [0.5, 0.6) is 0 Å². The lowest BCUT2D eigenvalue weighted by atomic mass is 10.2. The number of benzene rings is 1. The lowest BCUT2D eigenvalue weighted by Crippen LogP contribution is -2.48. The van der Waals surface area contributed by atoms with Crippen LogP contribution in [0.25, 0.3) is 0 Å². The average Bonchev–Trinajstić information content (AvgIpc) is 3.04. The Labute approximate surface area is 134 Å². The van der Waals surface area contributed by atoms with E-state index in [-0.39, 0.29) is 11.7 Å². The second-order valence-corrected chi connectivity index (χ2v) is 6.52. The van der Waals surface area contributed by atoms with Crippen molar-refractivity contribution in [2.24, 2.45) is 0 Å². The Bertz CT molecular complexity index is 662. The summed E-state index contributed by atoms with van der Waals surface area (Å²) in [6, 6.07) is 10.7. The molecular formula is C17H19FN2OS. The zero-order chi connectivity index (χ0) is 15.5. The second-order valence-electron chi connectivity index (χ2n) is 5.35. The fourth-order valence-electron chi connectivity index (χ4n) is 2.70. The van der Waals surface area contributed by atoms with Crippen LogP contribution in [0.4, 0.5) is 10.1 Å². The average molecular weight is 318 g/mol. The molecule has 1 aromatic heterocycles. The molecule has 22 heavy (non-hydrogen) atoms. The molecule has 0 bridgehead atoms. The van der Waals surface area contributed by atoms with E-state index < -0.39 is 0 Å². The van der Waals surface area contributed by atoms with E-state index in [2.05, 4.69) is 6.92 Å². The van der Waals surface area contributed by atoms with Crippen molar-refractivity contribution in [2.75, 3.05) is 31.1 Å². The van der Waals surface area contributed by atoms with E-state index in [4.69, 9.17) is 0 Å². The van der Waals surface area contributed by atoms with Crippen molar-refractivity contribution < 1.29 is 9.18 Å². The van der Waals surface area contributed by atoms with Crippen LogP contribution in [0.3, 0.4) is 0 Å². The molecule has 1 fully saturated rings. The van der Waals surface area contributed by atoms with Crippen molar-refractivity contribution in [3.8, 4) is 0 Å². The van der Waals surface area contributed by atoms with Gasteiger partial charge < -0.3 is 9.80 Å². The van der Waals surface area contributed by atoms with Crippen LogP contribution < -0.4 is 4.90 Å². The fraction of sp³-hybridized carbons (Fsp3) is 0.353. The summed E-state index contributed by atoms with van der Waals surface area (Å²) in [6.45, 7) is 4.68. The molecule has 0 N–H and O–H groups in total. The molecule has 1 saturated heterocycles. The normalized spacial score (nSPS) is 15.2. The Kier molecular flexibility index (Phi) is 4.43. The topological polar surface area (TPSA) is 23.6 Å². The first-order chi connectivity index (χ1) is 10.7. The molecule has 1 aliphatic rings. The minimum Gasteiger partial charge on any atom is -0.366 e. The highest BCUT2D eigenvalue weighted by atomic mass is 32.1. The zero-order valence-corrected chi connectivity index (χ0v) is 13.4. The number of carbonyl (C=O) groups is 1. The number of halogens is 1. The number of nitrogens with zero attached hydrogens (tertiary/aromatic N) is 2. The van der Waals surface area contributed by atoms with Gasteiger partial charge in [-0.3, -0.25) is 4.79 Å². The van der Waals surface area contributed by atoms with Gasteiger partial charge in [0.15, 0.2) is 0 Å². The Morgan fingerprint density at radius 3 is 2.50 bits per heavy atom. The number of rotatable bonds is 3. The number of thiophene rings is 1. The molecule has 2 heterocycles. The van der Waals surface area contributed by atoms with Crippen molar-refractivity contribution in [2.45, 2.75) is 13.3 Å². The van der Waals surface area contributed by atoms with Crippen molar-refractivity contribution in [3.63, 3.8) is 0 Å². The zero-order valence-electron chi connectivity index (χ0n) is 12.6. The van der Waals surface area contributed by atoms with E-state index in [0.717, 1.165) is 11.3 Å². The maximum Gasteiger partial charge on any atom is 0.264 e. The molecule has 0 unspecified atom stereocenters. The number of hydrogen-bond acceptors (Lipinski definition) is 3. The minimum atomic E-state index is -0.201. The molecule has 0 aliphatic carbocycles. The predicted octanol–water partition coefficient (Wildman–Crippen LogP) is 3.41. The lowest BCUT2D eigenvalue weighted by Gasteiger charge is -2.36. The van der Waals surface area contributed by atoms with Crippen molar-refractivity contribution in [1.29, 1.82) is 0 Å². The van der Waals surface area contributed by atoms with E-state index >= 15 is 0 Å². The molecule has 1 aliphatic heterocycles. The molecule has 3 rings (SSSR count). The van der Waals surface area contributed by atoms with Gasteiger partial charge in [0.05, 0.1) is 10.6 Å². The third-order valence-corrected chi connectivity index (χ3v) is 5.20. The molecular weight excluding hydrogens is 299 g/mol. The minimum absolute atomic E-state index is 0.0953. The van der Waals surface area contributed by atoms with Gasteiger partial charge >= 0.3 is 0 Å². The maximum absolute atomic E-state index is 13.8. The van der Waals surface area contributed by atoms with Crippen molar-refractivity contribution in [1.82, 2.24) is 4.90 Å². The van der Waals surface area contributed by atoms with Gasteiger partial charge in [0, 0.05) is 31.1 Å². The summed E-state index contributed by atoms with van der Waals surface area (Å²) >= 11 is 1.57. The third-order valence-electron chi connectivity index (χ3n) is 3.98. The van der Waals surface area contributed by atoms with Gasteiger partial charge in [-0.15, -0.1) is 11.3 Å². The number of carbonyl (C=O) groups excluding carboxylic acids is 1. The second kappa shape index (κ2) is 6.48. The Morgan fingerprint density at radius 2 is 1.86 bits per heavy atom. The first kappa shape index (κ1) is 15.0. The summed E-state index contributed by atoms with van der Waals surface area (Å²) in [5, 5.41) is 0. The van der Waals surface area contributed by atoms with Crippen LogP contribution in [0.2, 0.25) is 0 Å². The van der Waals surface area contributed by atoms with E-state index in [1.54, 1.807) is 23.5 Å². The molecule has 0 atom stereocenters. The van der Waals surface area contributed by atoms with Gasteiger partial charge in [-0.05, 0) is 30.7 Å². The van der Waals surface area contributed by atoms with E-state index in [1.165, 1.54) is 10.9 Å². The number of aryl methyl sites for hydroxylation is 1. The summed E-state index contributed by atoms with van der Waals surface area (Å²) in [7, 11) is 0. The van der Waals surface area contributed by atoms with Gasteiger partial charge in [0.25, 0.3) is 5.91 Å². The van der Waals surface area contributed by atoms with E-state index in [9.17, 15) is 9.18 Å². The van der Waals surface area contributed by atoms with Crippen molar-refractivity contribution in [3.05, 3.63) is 52.0 Å². The molecule has 0 saturated carbocycles. The van der Waals surface area contributed by atoms with Crippen LogP contribution in [-0.4, -0.2) is 37.0 Å². The van der Waals surface area contributed by atoms with E-state index in [1.807, 2.05) is 28.0 Å². The number of piperazine rings is 1. The molecule has 0 radical (unpaired) electrons. The van der Waals surface area contributed by atoms with Gasteiger partial charge in [-0.2, -0.15) is 0 Å². The number of hydrogen-bond donors (Lipinski definition) is 0. The van der Waals surface area contributed by atoms with Crippen LogP contribution in [-0.2, 0) is 6.42 Å². The van der Waals surface area contributed by atoms with Crippen LogP contribution in [0.1, 0.15) is 21.5 Å². The van der Waals surface area contributed by atoms with Gasteiger partial charge in [0.2, 0.25) is 0 Å². The Hall–Kier alpha value is -1.88. The van der Waals surface area contributed by atoms with Crippen LogP contribution in [0, 0.1) is 5.82 Å². The maximum atomic E-state index is 13.8. The summed E-state index contributed by atoms with van der Waals surface area (Å²) < 4.78 is 13.8. The van der Waals surface area contributed by atoms with Crippen LogP contribution >= 0.6 is 11.3 Å². The highest BCUT2D eigenvalue weighted by Crippen LogP contribution is 2.22. The molecule has 3 nitrogen and oxygen atoms in total. The SMILES string of the molecule is CCc1ccc(C(=O)N2CCN(c3ccccc3F)CC2)s1. The summed E-state index contributed by atoms with van der Waals surface area (Å²) in [5.41, 5.74) is 0.624. The first-order valence-electron chi connectivity index (χ1n) is 7.56. The van der Waals surface area contributed by atoms with Crippen molar-refractivity contribution >= 4 is 22.9 Å². The van der Waals surface area contributed by atoms with Gasteiger partial charge in [0.1, 0.15) is 5.82 Å². The Balaban J connectivity index is 1.64. The molecule has 0 spiro atoms. The number of anilines is 1. The largest absolute Gasteiger partial charge is 0.366 e. The smallest absolute Gasteiger partial charge is 0.264 e. The van der Waals surface area contributed by atoms with E-state index in [0.29, 0.717) is 31.9 Å². The molecule has 5 heteroatoms. The molecule has 2 aromatic rings. The van der Waals surface area contributed by atoms with Crippen LogP contribution in [0.15, 0.2) is 36.4 Å². The quantitative estimate of drug-likeness (QED) is 0.866. The van der Waals surface area contributed by atoms with Gasteiger partial charge in [-0.25, -0.2) is 4.39 Å². The van der Waals surface area contributed by atoms with Gasteiger partial charge in [-0.1, -0.05) is 19.1 Å². The monoisotopic (exact) mass is 318 g/mol. The molecule has 1 aromatic carbocycles. The number of para-hydroxylation sites is 1. The molecule has 116 valence electrons. The highest BCUT2D eigenvalue weighted by molar-refractivity contribution is 7.14. The Morgan fingerprint density at radius 1 is 1.14 bits per heavy atom. The summed E-state index contributed by atoms with van der Waals surface area (Å²) in [5.74, 6) is -0.106. The fourth-order valence-corrected chi connectivity index (χ4v) is 3.61. The molecule has 1 amide bonds. The lowest BCUT2D eigenvalue weighted by molar-refractivity contribution is 0.0751. The third kappa shape index (κ3) is 2.99. The standard InChI is InChI=1S/C17H19FN2OS/c1-2-13-7-8-16(22-13)17(21)20-11-9-19(10-12-20)15-6-4-3-5-14(15)18/h3-8H,2,9-12H2,1H3. The highest BCUT2D eigenvalue weighted by Gasteiger charge is 2.24. The number of amides is 1. The summed E-state index contributed by atoms with van der Waals surface area (Å²) in [4.78, 5) is 18.4. The first-order valence-corrected chi connectivity index (χ1v) is 8.38. The predicted molar refractivity (Wildman–Crippen MR) is 88.2 cm³/mol. The summed E-state index contributed by atoms with van der Waals surface area (Å²) in [6.07, 6.45) is 0.957.